The molecule has 6 nitrogen and oxygen atoms in total. The molecule has 0 spiro atoms. The highest BCUT2D eigenvalue weighted by atomic mass is 127. The van der Waals surface area contributed by atoms with Crippen molar-refractivity contribution in [3.8, 4) is 0 Å². The average molecular weight is 434 g/mol. The second-order valence-corrected chi connectivity index (χ2v) is 6.97. The number of nitrogens with zero attached hydrogens (tertiary/aromatic N) is 4. The number of rotatable bonds is 4. The number of hydrogen-bond donors (Lipinski definition) is 2. The second kappa shape index (κ2) is 9.44. The Morgan fingerprint density at radius 1 is 1.22 bits per heavy atom. The summed E-state index contributed by atoms with van der Waals surface area (Å²) in [7, 11) is 1.81. The van der Waals surface area contributed by atoms with Crippen molar-refractivity contribution in [1.82, 2.24) is 25.4 Å². The number of fused-ring (bicyclic) bond motifs is 1. The summed E-state index contributed by atoms with van der Waals surface area (Å²) in [6.45, 7) is 8.36. The zero-order valence-electron chi connectivity index (χ0n) is 14.9. The van der Waals surface area contributed by atoms with Crippen LogP contribution in [0.5, 0.6) is 0 Å². The van der Waals surface area contributed by atoms with E-state index < -0.39 is 0 Å². The maximum Gasteiger partial charge on any atom is 0.191 e. The van der Waals surface area contributed by atoms with Crippen LogP contribution < -0.4 is 10.6 Å². The maximum absolute atomic E-state index is 4.38. The summed E-state index contributed by atoms with van der Waals surface area (Å²) in [5.41, 5.74) is 0.0200. The topological polar surface area (TPSA) is 67.1 Å². The highest BCUT2D eigenvalue weighted by Gasteiger charge is 2.14. The fourth-order valence-electron chi connectivity index (χ4n) is 2.72. The molecule has 0 fully saturated rings. The van der Waals surface area contributed by atoms with Gasteiger partial charge in [0.05, 0.1) is 0 Å². The number of nitrogens with one attached hydrogen (secondary N) is 2. The molecule has 132 valence electrons. The molecule has 0 radical (unpaired) electrons. The highest BCUT2D eigenvalue weighted by Crippen LogP contribution is 2.15. The molecule has 2 N–H and O–H groups in total. The van der Waals surface area contributed by atoms with Gasteiger partial charge in [0.2, 0.25) is 0 Å². The smallest absolute Gasteiger partial charge is 0.191 e. The summed E-state index contributed by atoms with van der Waals surface area (Å²) in [5, 5.41) is 15.5. The van der Waals surface area contributed by atoms with Crippen molar-refractivity contribution >= 4 is 29.9 Å². The van der Waals surface area contributed by atoms with Gasteiger partial charge in [-0.1, -0.05) is 6.42 Å². The molecule has 7 heteroatoms. The molecule has 1 aliphatic heterocycles. The molecular weight excluding hydrogens is 403 g/mol. The van der Waals surface area contributed by atoms with E-state index in [0.717, 1.165) is 44.1 Å². The monoisotopic (exact) mass is 434 g/mol. The third-order valence-electron chi connectivity index (χ3n) is 3.77. The number of halogens is 1. The third-order valence-corrected chi connectivity index (χ3v) is 3.77. The number of hydrogen-bond acceptors (Lipinski definition) is 3. The lowest BCUT2D eigenvalue weighted by Gasteiger charge is -2.23. The molecule has 2 rings (SSSR count). The van der Waals surface area contributed by atoms with E-state index in [0.29, 0.717) is 0 Å². The van der Waals surface area contributed by atoms with E-state index in [1.165, 1.54) is 25.1 Å². The van der Waals surface area contributed by atoms with E-state index in [9.17, 15) is 0 Å². The summed E-state index contributed by atoms with van der Waals surface area (Å²) in [4.78, 5) is 4.25. The molecule has 0 saturated carbocycles. The second-order valence-electron chi connectivity index (χ2n) is 6.97. The van der Waals surface area contributed by atoms with Crippen molar-refractivity contribution < 1.29 is 0 Å². The van der Waals surface area contributed by atoms with Gasteiger partial charge in [-0.25, -0.2) is 0 Å². The molecular formula is C16H31IN6. The standard InChI is InChI=1S/C16H30N6.HI/c1-16(2,3)19-15(17-4)18-11-8-10-14-21-20-13-9-6-5-7-12-22(13)14;/h5-12H2,1-4H3,(H2,17,18,19);1H. The molecule has 0 unspecified atom stereocenters. The molecule has 23 heavy (non-hydrogen) atoms. The summed E-state index contributed by atoms with van der Waals surface area (Å²) in [6, 6.07) is 0. The Morgan fingerprint density at radius 3 is 2.70 bits per heavy atom. The van der Waals surface area contributed by atoms with E-state index >= 15 is 0 Å². The van der Waals surface area contributed by atoms with Crippen LogP contribution in [0.4, 0.5) is 0 Å². The van der Waals surface area contributed by atoms with Crippen molar-refractivity contribution in [3.05, 3.63) is 11.6 Å². The number of aliphatic imine (C=N–C) groups is 1. The first-order chi connectivity index (χ1) is 10.5. The van der Waals surface area contributed by atoms with Crippen molar-refractivity contribution in [2.75, 3.05) is 13.6 Å². The van der Waals surface area contributed by atoms with Crippen molar-refractivity contribution in [1.29, 1.82) is 0 Å². The van der Waals surface area contributed by atoms with E-state index in [-0.39, 0.29) is 29.5 Å². The van der Waals surface area contributed by atoms with Gasteiger partial charge in [0, 0.05) is 38.5 Å². The van der Waals surface area contributed by atoms with Crippen LogP contribution in [0, 0.1) is 0 Å². The van der Waals surface area contributed by atoms with Crippen LogP contribution in [0.2, 0.25) is 0 Å². The van der Waals surface area contributed by atoms with Gasteiger partial charge in [-0.05, 0) is 40.0 Å². The van der Waals surface area contributed by atoms with Crippen LogP contribution in [-0.4, -0.2) is 39.9 Å². The van der Waals surface area contributed by atoms with Gasteiger partial charge in [0.25, 0.3) is 0 Å². The lowest BCUT2D eigenvalue weighted by molar-refractivity contribution is 0.500. The van der Waals surface area contributed by atoms with Gasteiger partial charge in [-0.2, -0.15) is 0 Å². The minimum absolute atomic E-state index is 0. The van der Waals surface area contributed by atoms with Crippen LogP contribution >= 0.6 is 24.0 Å². The molecule has 0 saturated heterocycles. The minimum Gasteiger partial charge on any atom is -0.356 e. The molecule has 0 atom stereocenters. The Bertz CT molecular complexity index is 503. The summed E-state index contributed by atoms with van der Waals surface area (Å²) >= 11 is 0. The predicted molar refractivity (Wildman–Crippen MR) is 106 cm³/mol. The van der Waals surface area contributed by atoms with E-state index in [2.05, 4.69) is 51.2 Å². The Kier molecular flexibility index (Phi) is 8.28. The molecule has 2 heterocycles. The SMILES string of the molecule is CN=C(NCCCc1nnc2n1CCCCC2)NC(C)(C)C.I. The van der Waals surface area contributed by atoms with Gasteiger partial charge < -0.3 is 15.2 Å². The van der Waals surface area contributed by atoms with Crippen LogP contribution in [0.3, 0.4) is 0 Å². The minimum atomic E-state index is 0. The van der Waals surface area contributed by atoms with Crippen molar-refractivity contribution in [3.63, 3.8) is 0 Å². The lowest BCUT2D eigenvalue weighted by Crippen LogP contribution is -2.47. The summed E-state index contributed by atoms with van der Waals surface area (Å²) < 4.78 is 2.33. The van der Waals surface area contributed by atoms with Crippen molar-refractivity contribution in [2.45, 2.75) is 71.4 Å². The first kappa shape index (κ1) is 20.2. The first-order valence-electron chi connectivity index (χ1n) is 8.39. The van der Waals surface area contributed by atoms with Crippen LogP contribution in [-0.2, 0) is 19.4 Å². The fourth-order valence-corrected chi connectivity index (χ4v) is 2.72. The van der Waals surface area contributed by atoms with Gasteiger partial charge in [-0.3, -0.25) is 4.99 Å². The lowest BCUT2D eigenvalue weighted by atomic mass is 10.1. The molecule has 0 aliphatic carbocycles. The largest absolute Gasteiger partial charge is 0.356 e. The Balaban J connectivity index is 0.00000264. The molecule has 0 aromatic carbocycles. The van der Waals surface area contributed by atoms with Crippen LogP contribution in [0.15, 0.2) is 4.99 Å². The molecule has 1 aromatic heterocycles. The zero-order chi connectivity index (χ0) is 16.0. The van der Waals surface area contributed by atoms with E-state index in [4.69, 9.17) is 0 Å². The highest BCUT2D eigenvalue weighted by molar-refractivity contribution is 14.0. The number of guanidine groups is 1. The first-order valence-corrected chi connectivity index (χ1v) is 8.39. The molecule has 1 aromatic rings. The van der Waals surface area contributed by atoms with Crippen LogP contribution in [0.25, 0.3) is 0 Å². The average Bonchev–Trinajstić information content (AvgIpc) is 2.68. The van der Waals surface area contributed by atoms with Gasteiger partial charge >= 0.3 is 0 Å². The normalized spacial score (nSPS) is 15.4. The maximum atomic E-state index is 4.38. The quantitative estimate of drug-likeness (QED) is 0.331. The van der Waals surface area contributed by atoms with E-state index in [1.807, 2.05) is 0 Å². The Hall–Kier alpha value is -0.860. The van der Waals surface area contributed by atoms with Gasteiger partial charge in [0.1, 0.15) is 11.6 Å². The van der Waals surface area contributed by atoms with E-state index in [1.54, 1.807) is 7.05 Å². The molecule has 1 aliphatic rings. The number of aryl methyl sites for hydroxylation is 2. The Labute approximate surface area is 157 Å². The third kappa shape index (κ3) is 6.64. The Morgan fingerprint density at radius 2 is 2.00 bits per heavy atom. The fraction of sp³-hybridized carbons (Fsp3) is 0.812. The molecule has 0 bridgehead atoms. The van der Waals surface area contributed by atoms with Gasteiger partial charge in [0.15, 0.2) is 5.96 Å². The number of aromatic nitrogens is 3. The zero-order valence-corrected chi connectivity index (χ0v) is 17.2. The summed E-state index contributed by atoms with van der Waals surface area (Å²) in [5.74, 6) is 3.16. The molecule has 0 amide bonds. The van der Waals surface area contributed by atoms with Crippen molar-refractivity contribution in [2.24, 2.45) is 4.99 Å². The predicted octanol–water partition coefficient (Wildman–Crippen LogP) is 2.52. The van der Waals surface area contributed by atoms with Gasteiger partial charge in [-0.15, -0.1) is 34.2 Å². The van der Waals surface area contributed by atoms with Crippen LogP contribution in [0.1, 0.15) is 58.1 Å². The summed E-state index contributed by atoms with van der Waals surface area (Å²) in [6.07, 6.45) is 6.87.